The summed E-state index contributed by atoms with van der Waals surface area (Å²) in [4.78, 5) is 2.44. The molecule has 0 atom stereocenters. The molecule has 0 radical (unpaired) electrons. The Labute approximate surface area is 456 Å². The van der Waals surface area contributed by atoms with Gasteiger partial charge in [0.05, 0.1) is 10.8 Å². The maximum atomic E-state index is 6.75. The number of thiophene rings is 1. The van der Waals surface area contributed by atoms with Gasteiger partial charge in [-0.15, -0.1) is 11.3 Å². The fourth-order valence-electron chi connectivity index (χ4n) is 14.1. The Morgan fingerprint density at radius 2 is 0.692 bits per heavy atom. The predicted octanol–water partition coefficient (Wildman–Crippen LogP) is 19.8. The molecule has 3 heterocycles. The molecule has 17 rings (SSSR count). The monoisotopic (exact) mass is 1010 g/mol. The number of fused-ring (bicyclic) bond motifs is 21. The number of hydrogen-bond acceptors (Lipinski definition) is 4. The molecular formula is C74H45NO2S. The highest BCUT2D eigenvalue weighted by Gasteiger charge is 2.53. The fraction of sp³-hybridized carbons (Fsp3) is 0.0270. The third-order valence-electron chi connectivity index (χ3n) is 17.2. The molecule has 12 aromatic carbocycles. The lowest BCUT2D eigenvalue weighted by Gasteiger charge is -2.39. The summed E-state index contributed by atoms with van der Waals surface area (Å²) in [6, 6.07) is 100. The van der Waals surface area contributed by atoms with Crippen LogP contribution in [-0.4, -0.2) is 0 Å². The second-order valence-corrected chi connectivity index (χ2v) is 22.0. The average Bonchev–Trinajstić information content (AvgIpc) is 3.20. The van der Waals surface area contributed by atoms with E-state index in [0.29, 0.717) is 0 Å². The Balaban J connectivity index is 0.852. The van der Waals surface area contributed by atoms with Gasteiger partial charge in [0, 0.05) is 59.5 Å². The van der Waals surface area contributed by atoms with Crippen molar-refractivity contribution in [2.75, 3.05) is 4.90 Å². The van der Waals surface area contributed by atoms with E-state index in [1.807, 2.05) is 11.3 Å². The van der Waals surface area contributed by atoms with E-state index in [1.165, 1.54) is 81.4 Å². The van der Waals surface area contributed by atoms with E-state index < -0.39 is 10.8 Å². The molecule has 364 valence electrons. The molecular weight excluding hydrogens is 967 g/mol. The van der Waals surface area contributed by atoms with Gasteiger partial charge in [0.2, 0.25) is 0 Å². The van der Waals surface area contributed by atoms with Crippen LogP contribution in [0, 0.1) is 0 Å². The molecule has 3 nitrogen and oxygen atoms in total. The van der Waals surface area contributed by atoms with Crippen LogP contribution in [0.1, 0.15) is 44.5 Å². The van der Waals surface area contributed by atoms with Gasteiger partial charge in [-0.2, -0.15) is 0 Å². The number of anilines is 3. The van der Waals surface area contributed by atoms with Gasteiger partial charge < -0.3 is 14.4 Å². The van der Waals surface area contributed by atoms with E-state index in [1.54, 1.807) is 0 Å². The molecule has 4 aliphatic rings. The highest BCUT2D eigenvalue weighted by Crippen LogP contribution is 2.65. The minimum Gasteiger partial charge on any atom is -0.457 e. The maximum Gasteiger partial charge on any atom is 0.132 e. The second kappa shape index (κ2) is 16.4. The summed E-state index contributed by atoms with van der Waals surface area (Å²) in [7, 11) is 0. The van der Waals surface area contributed by atoms with Gasteiger partial charge in [0.25, 0.3) is 0 Å². The Morgan fingerprint density at radius 1 is 0.282 bits per heavy atom. The van der Waals surface area contributed by atoms with Gasteiger partial charge in [-0.3, -0.25) is 0 Å². The third kappa shape index (κ3) is 5.82. The normalized spacial score (nSPS) is 14.1. The lowest BCUT2D eigenvalue weighted by molar-refractivity contribution is 0.436. The van der Waals surface area contributed by atoms with Crippen molar-refractivity contribution < 1.29 is 9.47 Å². The number of para-hydroxylation sites is 4. The Kier molecular flexibility index (Phi) is 9.14. The fourth-order valence-corrected chi connectivity index (χ4v) is 15.4. The molecule has 0 unspecified atom stereocenters. The summed E-state index contributed by atoms with van der Waals surface area (Å²) in [6.45, 7) is 0. The van der Waals surface area contributed by atoms with Gasteiger partial charge in [-0.05, 0) is 133 Å². The van der Waals surface area contributed by atoms with Crippen LogP contribution in [0.25, 0.3) is 64.7 Å². The zero-order valence-electron chi connectivity index (χ0n) is 42.2. The van der Waals surface area contributed by atoms with Gasteiger partial charge in [0.1, 0.15) is 23.0 Å². The SMILES string of the molecule is c1ccc2c(c1)Oc1ccccc1C21c2ccccc2-c2ccc(N(c3ccc(-c4cccc5c4-c4ccccc4C54c5ccccc5Oc5ccccc54)cc3)c3ccc(-c4cccc5c4sc4ccccc45)cc3)cc21. The number of nitrogens with zero attached hydrogens (tertiary/aromatic N) is 1. The van der Waals surface area contributed by atoms with Crippen molar-refractivity contribution >= 4 is 48.6 Å². The lowest BCUT2D eigenvalue weighted by atomic mass is 9.66. The zero-order chi connectivity index (χ0) is 51.1. The molecule has 2 aliphatic carbocycles. The smallest absolute Gasteiger partial charge is 0.132 e. The Morgan fingerprint density at radius 3 is 1.31 bits per heavy atom. The summed E-state index contributed by atoms with van der Waals surface area (Å²) in [6.07, 6.45) is 0. The topological polar surface area (TPSA) is 21.7 Å². The maximum absolute atomic E-state index is 6.75. The van der Waals surface area contributed by atoms with Crippen molar-refractivity contribution in [1.29, 1.82) is 0 Å². The first kappa shape index (κ1) is 43.5. The molecule has 0 saturated heterocycles. The molecule has 1 aromatic heterocycles. The van der Waals surface area contributed by atoms with E-state index in [0.717, 1.165) is 67.9 Å². The van der Waals surface area contributed by atoms with Crippen molar-refractivity contribution in [2.24, 2.45) is 0 Å². The molecule has 2 spiro atoms. The van der Waals surface area contributed by atoms with E-state index in [2.05, 4.69) is 278 Å². The highest BCUT2D eigenvalue weighted by molar-refractivity contribution is 7.26. The average molecular weight is 1010 g/mol. The molecule has 78 heavy (non-hydrogen) atoms. The Hall–Kier alpha value is -9.74. The van der Waals surface area contributed by atoms with Crippen molar-refractivity contribution in [1.82, 2.24) is 0 Å². The van der Waals surface area contributed by atoms with Crippen LogP contribution in [-0.2, 0) is 10.8 Å². The highest BCUT2D eigenvalue weighted by atomic mass is 32.1. The molecule has 2 aliphatic heterocycles. The minimum atomic E-state index is -0.609. The van der Waals surface area contributed by atoms with Gasteiger partial charge in [0.15, 0.2) is 0 Å². The lowest BCUT2D eigenvalue weighted by Crippen LogP contribution is -2.32. The van der Waals surface area contributed by atoms with Gasteiger partial charge >= 0.3 is 0 Å². The summed E-state index contributed by atoms with van der Waals surface area (Å²) in [5, 5.41) is 2.61. The van der Waals surface area contributed by atoms with Crippen LogP contribution in [0.3, 0.4) is 0 Å². The van der Waals surface area contributed by atoms with Crippen molar-refractivity contribution in [3.8, 4) is 67.5 Å². The summed E-state index contributed by atoms with van der Waals surface area (Å²) >= 11 is 1.87. The van der Waals surface area contributed by atoms with Gasteiger partial charge in [-0.25, -0.2) is 0 Å². The van der Waals surface area contributed by atoms with E-state index in [-0.39, 0.29) is 0 Å². The first-order valence-electron chi connectivity index (χ1n) is 26.8. The van der Waals surface area contributed by atoms with Crippen LogP contribution in [0.15, 0.2) is 273 Å². The summed E-state index contributed by atoms with van der Waals surface area (Å²) < 4.78 is 16.0. The third-order valence-corrected chi connectivity index (χ3v) is 18.5. The Bertz CT molecular complexity index is 4550. The summed E-state index contributed by atoms with van der Waals surface area (Å²) in [5.74, 6) is 3.55. The van der Waals surface area contributed by atoms with E-state index in [9.17, 15) is 0 Å². The molecule has 13 aromatic rings. The van der Waals surface area contributed by atoms with Crippen molar-refractivity contribution in [3.05, 3.63) is 317 Å². The molecule has 0 amide bonds. The largest absolute Gasteiger partial charge is 0.457 e. The molecule has 0 saturated carbocycles. The molecule has 0 fully saturated rings. The van der Waals surface area contributed by atoms with Crippen LogP contribution in [0.5, 0.6) is 23.0 Å². The second-order valence-electron chi connectivity index (χ2n) is 20.9. The van der Waals surface area contributed by atoms with Crippen molar-refractivity contribution in [2.45, 2.75) is 10.8 Å². The van der Waals surface area contributed by atoms with Crippen LogP contribution < -0.4 is 14.4 Å². The van der Waals surface area contributed by atoms with E-state index >= 15 is 0 Å². The number of rotatable bonds is 5. The number of ether oxygens (including phenoxy) is 2. The first-order valence-corrected chi connectivity index (χ1v) is 27.6. The molecule has 0 bridgehead atoms. The number of hydrogen-bond donors (Lipinski definition) is 0. The number of benzene rings is 12. The molecule has 4 heteroatoms. The van der Waals surface area contributed by atoms with Crippen LogP contribution in [0.2, 0.25) is 0 Å². The first-order chi connectivity index (χ1) is 38.7. The standard InChI is InChI=1S/C74H45NO2S/c1-4-23-58-53(17-1)54-44-43-50(45-65(54)74(58)62-27-8-12-32-68(62)77-69-33-13-9-28-63(69)74)75(49-41-37-47(38-42-49)52-21-15-22-56-55-18-3-14-34-70(55)78-72(52)56)48-39-35-46(36-40-48)51-20-16-29-64-71(51)57-19-2-5-24-59(57)73(64)60-25-6-10-30-66(60)76-67-31-11-7-26-61(67)73/h1-45H. The van der Waals surface area contributed by atoms with Crippen LogP contribution in [0.4, 0.5) is 17.1 Å². The van der Waals surface area contributed by atoms with Crippen molar-refractivity contribution in [3.63, 3.8) is 0 Å². The minimum absolute atomic E-state index is 0.547. The van der Waals surface area contributed by atoms with Crippen LogP contribution >= 0.6 is 11.3 Å². The van der Waals surface area contributed by atoms with E-state index in [4.69, 9.17) is 9.47 Å². The summed E-state index contributed by atoms with van der Waals surface area (Å²) in [5.41, 5.74) is 21.5. The quantitative estimate of drug-likeness (QED) is 0.171. The zero-order valence-corrected chi connectivity index (χ0v) is 43.0. The predicted molar refractivity (Wildman–Crippen MR) is 320 cm³/mol. The molecule has 0 N–H and O–H groups in total. The van der Waals surface area contributed by atoms with Gasteiger partial charge in [-0.1, -0.05) is 206 Å².